The van der Waals surface area contributed by atoms with Gasteiger partial charge in [-0.2, -0.15) is 0 Å². The second-order valence-corrected chi connectivity index (χ2v) is 8.79. The highest BCUT2D eigenvalue weighted by Gasteiger charge is 2.26. The topological polar surface area (TPSA) is 34.4 Å². The van der Waals surface area contributed by atoms with E-state index < -0.39 is 0 Å². The van der Waals surface area contributed by atoms with Crippen molar-refractivity contribution in [2.75, 3.05) is 39.8 Å². The number of likely N-dealkylation sites (tertiary alicyclic amines) is 2. The molecule has 0 radical (unpaired) electrons. The number of rotatable bonds is 4. The highest BCUT2D eigenvalue weighted by Crippen LogP contribution is 2.28. The van der Waals surface area contributed by atoms with E-state index in [0.717, 1.165) is 36.6 Å². The third-order valence-electron chi connectivity index (χ3n) is 6.62. The Bertz CT molecular complexity index is 796. The van der Waals surface area contributed by atoms with Gasteiger partial charge < -0.3 is 9.80 Å². The van der Waals surface area contributed by atoms with Gasteiger partial charge in [0, 0.05) is 38.0 Å². The van der Waals surface area contributed by atoms with Gasteiger partial charge in [0.25, 0.3) is 0 Å². The summed E-state index contributed by atoms with van der Waals surface area (Å²) in [4.78, 5) is 17.1. The predicted octanol–water partition coefficient (Wildman–Crippen LogP) is 3.20. The second kappa shape index (κ2) is 7.80. The van der Waals surface area contributed by atoms with Gasteiger partial charge in [0.05, 0.1) is 11.4 Å². The van der Waals surface area contributed by atoms with Gasteiger partial charge in [-0.25, -0.2) is 4.99 Å². The summed E-state index contributed by atoms with van der Waals surface area (Å²) in [5.74, 6) is 1.85. The van der Waals surface area contributed by atoms with Gasteiger partial charge in [-0.1, -0.05) is 18.2 Å². The Morgan fingerprint density at radius 2 is 2.11 bits per heavy atom. The van der Waals surface area contributed by atoms with Crippen molar-refractivity contribution < 1.29 is 0 Å². The van der Waals surface area contributed by atoms with Crippen LogP contribution in [-0.4, -0.2) is 72.1 Å². The minimum absolute atomic E-state index is 0.579. The van der Waals surface area contributed by atoms with Gasteiger partial charge in [0.15, 0.2) is 0 Å². The lowest BCUT2D eigenvalue weighted by atomic mass is 9.95. The Hall–Kier alpha value is -1.98. The lowest BCUT2D eigenvalue weighted by Gasteiger charge is -2.37. The molecule has 28 heavy (non-hydrogen) atoms. The van der Waals surface area contributed by atoms with Gasteiger partial charge in [-0.15, -0.1) is 0 Å². The van der Waals surface area contributed by atoms with E-state index in [1.165, 1.54) is 51.0 Å². The van der Waals surface area contributed by atoms with E-state index in [1.54, 1.807) is 0 Å². The fraction of sp³-hybridized carbons (Fsp3) is 0.565. The van der Waals surface area contributed by atoms with Crippen molar-refractivity contribution >= 4 is 11.5 Å². The molecule has 0 saturated carbocycles. The summed E-state index contributed by atoms with van der Waals surface area (Å²) in [6, 6.07) is 0.579. The number of nitrogens with zero attached hydrogens (tertiary/aromatic N) is 5. The van der Waals surface area contributed by atoms with Crippen molar-refractivity contribution in [2.24, 2.45) is 15.9 Å². The zero-order valence-corrected chi connectivity index (χ0v) is 16.9. The third kappa shape index (κ3) is 3.78. The van der Waals surface area contributed by atoms with Gasteiger partial charge >= 0.3 is 0 Å². The molecule has 5 rings (SSSR count). The van der Waals surface area contributed by atoms with Crippen molar-refractivity contribution in [3.8, 4) is 0 Å². The van der Waals surface area contributed by atoms with E-state index in [-0.39, 0.29) is 0 Å². The number of allylic oxidation sites excluding steroid dienone is 2. The summed E-state index contributed by atoms with van der Waals surface area (Å²) in [5.41, 5.74) is 3.45. The molecule has 2 fully saturated rings. The molecule has 5 heteroatoms. The summed E-state index contributed by atoms with van der Waals surface area (Å²) in [6.45, 7) is 5.95. The molecule has 0 spiro atoms. The summed E-state index contributed by atoms with van der Waals surface area (Å²) >= 11 is 0. The lowest BCUT2D eigenvalue weighted by Crippen LogP contribution is -2.44. The molecule has 0 N–H and O–H groups in total. The average Bonchev–Trinajstić information content (AvgIpc) is 2.79. The van der Waals surface area contributed by atoms with Crippen molar-refractivity contribution in [3.05, 3.63) is 48.0 Å². The molecule has 0 aromatic carbocycles. The highest BCUT2D eigenvalue weighted by atomic mass is 15.2. The molecule has 5 aliphatic rings. The van der Waals surface area contributed by atoms with E-state index in [9.17, 15) is 0 Å². The van der Waals surface area contributed by atoms with Crippen LogP contribution in [0.25, 0.3) is 0 Å². The molecule has 0 amide bonds. The van der Waals surface area contributed by atoms with Crippen molar-refractivity contribution in [3.63, 3.8) is 0 Å². The lowest BCUT2D eigenvalue weighted by molar-refractivity contribution is 0.144. The monoisotopic (exact) mass is 377 g/mol. The molecule has 0 aromatic heterocycles. The summed E-state index contributed by atoms with van der Waals surface area (Å²) in [6.07, 6.45) is 19.1. The Kier molecular flexibility index (Phi) is 5.03. The van der Waals surface area contributed by atoms with E-state index in [2.05, 4.69) is 57.2 Å². The molecule has 2 bridgehead atoms. The van der Waals surface area contributed by atoms with Crippen LogP contribution in [-0.2, 0) is 0 Å². The van der Waals surface area contributed by atoms with Gasteiger partial charge in [-0.05, 0) is 69.9 Å². The number of fused-ring (bicyclic) bond motifs is 2. The number of amidine groups is 1. The minimum atomic E-state index is 0.579. The van der Waals surface area contributed by atoms with E-state index in [0.29, 0.717) is 12.0 Å². The normalized spacial score (nSPS) is 30.8. The highest BCUT2D eigenvalue weighted by molar-refractivity contribution is 6.12. The van der Waals surface area contributed by atoms with Gasteiger partial charge in [-0.3, -0.25) is 9.89 Å². The molecular weight excluding hydrogens is 346 g/mol. The molecule has 2 atom stereocenters. The maximum absolute atomic E-state index is 5.08. The summed E-state index contributed by atoms with van der Waals surface area (Å²) < 4.78 is 0. The van der Waals surface area contributed by atoms with Gasteiger partial charge in [0.2, 0.25) is 0 Å². The van der Waals surface area contributed by atoms with Crippen LogP contribution in [0.4, 0.5) is 0 Å². The maximum atomic E-state index is 5.08. The largest absolute Gasteiger partial charge is 0.334 e. The SMILES string of the molecule is CN1CCCC(CN2C=CN=C3C=C(C4=CCC(N5CCC5)C=C4)N=C2C3)C1. The predicted molar refractivity (Wildman–Crippen MR) is 115 cm³/mol. The summed E-state index contributed by atoms with van der Waals surface area (Å²) in [7, 11) is 2.24. The quantitative estimate of drug-likeness (QED) is 0.755. The first-order valence-electron chi connectivity index (χ1n) is 10.9. The Morgan fingerprint density at radius 1 is 1.18 bits per heavy atom. The van der Waals surface area contributed by atoms with E-state index in [4.69, 9.17) is 4.99 Å². The molecule has 0 aromatic rings. The molecule has 2 unspecified atom stereocenters. The first-order valence-corrected chi connectivity index (χ1v) is 10.9. The first kappa shape index (κ1) is 18.1. The molecule has 4 aliphatic heterocycles. The number of piperidine rings is 1. The van der Waals surface area contributed by atoms with Crippen LogP contribution in [0, 0.1) is 5.92 Å². The van der Waals surface area contributed by atoms with E-state index >= 15 is 0 Å². The number of hydrogen-bond donors (Lipinski definition) is 0. The van der Waals surface area contributed by atoms with Gasteiger partial charge in [0.1, 0.15) is 5.84 Å². The Morgan fingerprint density at radius 3 is 2.86 bits per heavy atom. The Balaban J connectivity index is 1.31. The van der Waals surface area contributed by atoms with Crippen LogP contribution >= 0.6 is 0 Å². The van der Waals surface area contributed by atoms with Crippen LogP contribution in [0.3, 0.4) is 0 Å². The number of hydrogen-bond acceptors (Lipinski definition) is 5. The second-order valence-electron chi connectivity index (χ2n) is 8.79. The zero-order valence-electron chi connectivity index (χ0n) is 16.9. The summed E-state index contributed by atoms with van der Waals surface area (Å²) in [5, 5.41) is 0. The van der Waals surface area contributed by atoms with Crippen LogP contribution in [0.2, 0.25) is 0 Å². The molecule has 148 valence electrons. The van der Waals surface area contributed by atoms with E-state index in [1.807, 2.05) is 6.20 Å². The Labute approximate surface area is 168 Å². The average molecular weight is 378 g/mol. The zero-order chi connectivity index (χ0) is 18.9. The van der Waals surface area contributed by atoms with Crippen LogP contribution in [0.15, 0.2) is 58.0 Å². The van der Waals surface area contributed by atoms with Crippen LogP contribution < -0.4 is 0 Å². The minimum Gasteiger partial charge on any atom is -0.334 e. The maximum Gasteiger partial charge on any atom is 0.115 e. The smallest absolute Gasteiger partial charge is 0.115 e. The number of aliphatic imine (C=N–C) groups is 2. The molecule has 2 saturated heterocycles. The van der Waals surface area contributed by atoms with Crippen LogP contribution in [0.1, 0.15) is 32.1 Å². The molecule has 1 aliphatic carbocycles. The standard InChI is InChI=1S/C23H31N5/c1-26-10-2-4-18(16-26)17-28-13-9-24-20-14-22(25-23(28)15-20)19-5-7-21(8-6-19)27-11-3-12-27/h5-7,9,13-14,18,21H,2-4,8,10-12,15-17H2,1H3. The molecule has 5 nitrogen and oxygen atoms in total. The fourth-order valence-corrected chi connectivity index (χ4v) is 4.88. The first-order chi connectivity index (χ1) is 13.7. The van der Waals surface area contributed by atoms with Crippen molar-refractivity contribution in [2.45, 2.75) is 38.1 Å². The fourth-order valence-electron chi connectivity index (χ4n) is 4.88. The molecular formula is C23H31N5. The third-order valence-corrected chi connectivity index (χ3v) is 6.62. The van der Waals surface area contributed by atoms with Crippen molar-refractivity contribution in [1.82, 2.24) is 14.7 Å². The van der Waals surface area contributed by atoms with Crippen molar-refractivity contribution in [1.29, 1.82) is 0 Å². The molecule has 4 heterocycles. The van der Waals surface area contributed by atoms with Crippen LogP contribution in [0.5, 0.6) is 0 Å².